The Morgan fingerprint density at radius 1 is 0.968 bits per heavy atom. The molecule has 152 valence electrons. The number of allylic oxidation sites excluding steroid dienone is 2. The van der Waals surface area contributed by atoms with Gasteiger partial charge in [0.2, 0.25) is 11.8 Å². The van der Waals surface area contributed by atoms with Crippen molar-refractivity contribution in [1.29, 1.82) is 5.26 Å². The standard InChI is InChI=1S/C25H19N3O3/c1-15-7-9-18(10-8-15)28-24(30)20-19-13-16(14-26)11-12-27(19)22(21(20)25(28)31)23(29)17-5-3-2-4-6-17/h2-13,19-22H,1H3/t19-,20+,21+,22+/m1/s1. The van der Waals surface area contributed by atoms with Crippen molar-refractivity contribution in [3.8, 4) is 6.07 Å². The molecule has 6 nitrogen and oxygen atoms in total. The summed E-state index contributed by atoms with van der Waals surface area (Å²) in [7, 11) is 0. The van der Waals surface area contributed by atoms with Crippen molar-refractivity contribution in [3.63, 3.8) is 0 Å². The third kappa shape index (κ3) is 2.82. The van der Waals surface area contributed by atoms with Crippen molar-refractivity contribution in [2.24, 2.45) is 11.8 Å². The van der Waals surface area contributed by atoms with Crippen LogP contribution in [0.2, 0.25) is 0 Å². The minimum atomic E-state index is -0.814. The van der Waals surface area contributed by atoms with Crippen LogP contribution in [0.5, 0.6) is 0 Å². The van der Waals surface area contributed by atoms with Crippen molar-refractivity contribution >= 4 is 23.3 Å². The molecule has 3 aliphatic heterocycles. The zero-order chi connectivity index (χ0) is 21.7. The number of amides is 2. The summed E-state index contributed by atoms with van der Waals surface area (Å²) in [6, 6.07) is 16.8. The molecule has 31 heavy (non-hydrogen) atoms. The second kappa shape index (κ2) is 7.06. The van der Waals surface area contributed by atoms with Gasteiger partial charge in [0.1, 0.15) is 6.04 Å². The van der Waals surface area contributed by atoms with Gasteiger partial charge >= 0.3 is 0 Å². The van der Waals surface area contributed by atoms with E-state index in [9.17, 15) is 19.6 Å². The lowest BCUT2D eigenvalue weighted by Gasteiger charge is -2.32. The minimum Gasteiger partial charge on any atom is -0.359 e. The largest absolute Gasteiger partial charge is 0.359 e. The molecule has 2 fully saturated rings. The van der Waals surface area contributed by atoms with E-state index in [1.807, 2.05) is 25.1 Å². The van der Waals surface area contributed by atoms with E-state index >= 15 is 0 Å². The lowest BCUT2D eigenvalue weighted by atomic mass is 9.86. The Morgan fingerprint density at radius 3 is 2.32 bits per heavy atom. The maximum absolute atomic E-state index is 13.5. The molecule has 0 unspecified atom stereocenters. The van der Waals surface area contributed by atoms with E-state index in [1.54, 1.807) is 59.7 Å². The maximum atomic E-state index is 13.5. The zero-order valence-corrected chi connectivity index (χ0v) is 16.8. The number of carbonyl (C=O) groups is 3. The number of carbonyl (C=O) groups excluding carboxylic acids is 3. The van der Waals surface area contributed by atoms with Gasteiger partial charge in [0.05, 0.1) is 35.2 Å². The maximum Gasteiger partial charge on any atom is 0.240 e. The first kappa shape index (κ1) is 19.0. The highest BCUT2D eigenvalue weighted by atomic mass is 16.2. The van der Waals surface area contributed by atoms with Gasteiger partial charge in [-0.25, -0.2) is 4.90 Å². The Labute approximate surface area is 179 Å². The van der Waals surface area contributed by atoms with Crippen LogP contribution in [-0.4, -0.2) is 34.6 Å². The highest BCUT2D eigenvalue weighted by molar-refractivity contribution is 6.24. The Hall–Kier alpha value is -3.98. The van der Waals surface area contributed by atoms with Gasteiger partial charge in [-0.1, -0.05) is 48.0 Å². The Bertz CT molecular complexity index is 1190. The van der Waals surface area contributed by atoms with E-state index in [0.717, 1.165) is 5.56 Å². The van der Waals surface area contributed by atoms with Gasteiger partial charge in [-0.15, -0.1) is 0 Å². The summed E-state index contributed by atoms with van der Waals surface area (Å²) < 4.78 is 0. The number of ketones is 1. The number of nitriles is 1. The highest BCUT2D eigenvalue weighted by Gasteiger charge is 2.63. The predicted octanol–water partition coefficient (Wildman–Crippen LogP) is 3.01. The number of imide groups is 1. The number of rotatable bonds is 3. The third-order valence-corrected chi connectivity index (χ3v) is 6.30. The van der Waals surface area contributed by atoms with Gasteiger partial charge < -0.3 is 4.90 Å². The Balaban J connectivity index is 1.61. The molecule has 0 bridgehead atoms. The summed E-state index contributed by atoms with van der Waals surface area (Å²) in [6.07, 6.45) is 4.99. The van der Waals surface area contributed by atoms with Crippen LogP contribution in [0.3, 0.4) is 0 Å². The van der Waals surface area contributed by atoms with Gasteiger partial charge in [0.25, 0.3) is 0 Å². The minimum absolute atomic E-state index is 0.205. The van der Waals surface area contributed by atoms with Crippen LogP contribution in [0, 0.1) is 30.1 Å². The van der Waals surface area contributed by atoms with Crippen LogP contribution in [0.1, 0.15) is 15.9 Å². The molecule has 5 rings (SSSR count). The first-order chi connectivity index (χ1) is 15.0. The number of Topliss-reactive ketones (excluding diaryl/α,β-unsaturated/α-hetero) is 1. The van der Waals surface area contributed by atoms with E-state index in [2.05, 4.69) is 6.07 Å². The molecule has 2 amide bonds. The molecular weight excluding hydrogens is 390 g/mol. The van der Waals surface area contributed by atoms with E-state index in [0.29, 0.717) is 16.8 Å². The van der Waals surface area contributed by atoms with Crippen LogP contribution in [-0.2, 0) is 9.59 Å². The molecule has 0 aliphatic carbocycles. The second-order valence-electron chi connectivity index (χ2n) is 8.06. The summed E-state index contributed by atoms with van der Waals surface area (Å²) in [6.45, 7) is 1.93. The summed E-state index contributed by atoms with van der Waals surface area (Å²) in [4.78, 5) is 43.5. The molecule has 3 aliphatic rings. The van der Waals surface area contributed by atoms with Crippen LogP contribution < -0.4 is 4.90 Å². The summed E-state index contributed by atoms with van der Waals surface area (Å²) in [5, 5.41) is 9.36. The zero-order valence-electron chi connectivity index (χ0n) is 16.8. The molecule has 0 spiro atoms. The van der Waals surface area contributed by atoms with Crippen LogP contribution >= 0.6 is 0 Å². The normalized spacial score (nSPS) is 26.4. The van der Waals surface area contributed by atoms with Crippen molar-refractivity contribution in [2.45, 2.75) is 19.0 Å². The lowest BCUT2D eigenvalue weighted by Crippen LogP contribution is -2.46. The third-order valence-electron chi connectivity index (χ3n) is 6.30. The van der Waals surface area contributed by atoms with Gasteiger partial charge in [-0.2, -0.15) is 5.26 Å². The number of hydrogen-bond acceptors (Lipinski definition) is 5. The molecule has 3 heterocycles. The molecule has 2 saturated heterocycles. The first-order valence-electron chi connectivity index (χ1n) is 10.1. The number of hydrogen-bond donors (Lipinski definition) is 0. The average molecular weight is 409 g/mol. The summed E-state index contributed by atoms with van der Waals surface area (Å²) in [5.41, 5.74) is 2.43. The van der Waals surface area contributed by atoms with Crippen LogP contribution in [0.25, 0.3) is 0 Å². The van der Waals surface area contributed by atoms with Gasteiger partial charge in [-0.3, -0.25) is 14.4 Å². The fourth-order valence-electron chi connectivity index (χ4n) is 4.84. The molecule has 0 aromatic heterocycles. The van der Waals surface area contributed by atoms with Crippen LogP contribution in [0.15, 0.2) is 78.5 Å². The first-order valence-corrected chi connectivity index (χ1v) is 10.1. The molecule has 0 saturated carbocycles. The highest BCUT2D eigenvalue weighted by Crippen LogP contribution is 2.47. The SMILES string of the molecule is Cc1ccc(N2C(=O)[C@@H]3[C@H](C2=O)[C@@H](C(=O)c2ccccc2)N2C=CC(C#N)=C[C@H]32)cc1. The fourth-order valence-corrected chi connectivity index (χ4v) is 4.84. The molecule has 0 radical (unpaired) electrons. The molecule has 0 N–H and O–H groups in total. The second-order valence-corrected chi connectivity index (χ2v) is 8.06. The molecule has 6 heteroatoms. The Morgan fingerprint density at radius 2 is 1.65 bits per heavy atom. The number of aryl methyl sites for hydroxylation is 1. The number of nitrogens with zero attached hydrogens (tertiary/aromatic N) is 3. The topological polar surface area (TPSA) is 81.5 Å². The van der Waals surface area contributed by atoms with E-state index < -0.39 is 23.9 Å². The quantitative estimate of drug-likeness (QED) is 0.575. The molecule has 2 aromatic rings. The number of fused-ring (bicyclic) bond motifs is 3. The van der Waals surface area contributed by atoms with Crippen molar-refractivity contribution < 1.29 is 14.4 Å². The summed E-state index contributed by atoms with van der Waals surface area (Å²) in [5.74, 6) is -2.45. The Kier molecular flexibility index (Phi) is 4.33. The lowest BCUT2D eigenvalue weighted by molar-refractivity contribution is -0.123. The molecular formula is C25H19N3O3. The van der Waals surface area contributed by atoms with Gasteiger partial charge in [0.15, 0.2) is 5.78 Å². The van der Waals surface area contributed by atoms with Crippen LogP contribution in [0.4, 0.5) is 5.69 Å². The smallest absolute Gasteiger partial charge is 0.240 e. The van der Waals surface area contributed by atoms with Crippen molar-refractivity contribution in [2.75, 3.05) is 4.90 Å². The number of benzene rings is 2. The van der Waals surface area contributed by atoms with E-state index in [-0.39, 0.29) is 17.6 Å². The number of anilines is 1. The fraction of sp³-hybridized carbons (Fsp3) is 0.200. The molecule has 4 atom stereocenters. The predicted molar refractivity (Wildman–Crippen MR) is 114 cm³/mol. The van der Waals surface area contributed by atoms with E-state index in [4.69, 9.17) is 0 Å². The van der Waals surface area contributed by atoms with Crippen molar-refractivity contribution in [1.82, 2.24) is 4.90 Å². The van der Waals surface area contributed by atoms with Crippen molar-refractivity contribution in [3.05, 3.63) is 89.6 Å². The average Bonchev–Trinajstić information content (AvgIpc) is 3.26. The summed E-state index contributed by atoms with van der Waals surface area (Å²) >= 11 is 0. The van der Waals surface area contributed by atoms with E-state index in [1.165, 1.54) is 4.90 Å². The van der Waals surface area contributed by atoms with Gasteiger partial charge in [-0.05, 0) is 31.2 Å². The molecule has 2 aromatic carbocycles. The monoisotopic (exact) mass is 409 g/mol. The van der Waals surface area contributed by atoms with Gasteiger partial charge in [0, 0.05) is 11.8 Å².